The third-order valence-electron chi connectivity index (χ3n) is 2.50. The van der Waals surface area contributed by atoms with E-state index in [-0.39, 0.29) is 0 Å². The van der Waals surface area contributed by atoms with Crippen molar-refractivity contribution < 1.29 is 0 Å². The molecule has 2 N–H and O–H groups in total. The number of rotatable bonds is 5. The Morgan fingerprint density at radius 2 is 1.93 bits per heavy atom. The minimum atomic E-state index is 0.294. The zero-order valence-corrected chi connectivity index (χ0v) is 10.8. The van der Waals surface area contributed by atoms with Crippen molar-refractivity contribution in [1.29, 1.82) is 0 Å². The molecule has 0 saturated carbocycles. The van der Waals surface area contributed by atoms with E-state index in [9.17, 15) is 0 Å². The maximum absolute atomic E-state index is 5.96. The van der Waals surface area contributed by atoms with Crippen molar-refractivity contribution >= 4 is 23.4 Å². The predicted molar refractivity (Wildman–Crippen MR) is 70.5 cm³/mol. The molecule has 0 fully saturated rings. The molecule has 1 aromatic carbocycles. The highest BCUT2D eigenvalue weighted by molar-refractivity contribution is 7.99. The lowest BCUT2D eigenvalue weighted by atomic mass is 10.2. The second kappa shape index (κ2) is 6.41. The zero-order chi connectivity index (χ0) is 11.3. The molecule has 0 aromatic heterocycles. The molecule has 0 aliphatic rings. The Hall–Kier alpha value is -0.180. The van der Waals surface area contributed by atoms with E-state index in [1.54, 1.807) is 0 Å². The molecule has 84 valence electrons. The van der Waals surface area contributed by atoms with Gasteiger partial charge in [0.2, 0.25) is 0 Å². The van der Waals surface area contributed by atoms with Crippen molar-refractivity contribution in [2.45, 2.75) is 37.3 Å². The van der Waals surface area contributed by atoms with E-state index in [1.165, 1.54) is 5.56 Å². The summed E-state index contributed by atoms with van der Waals surface area (Å²) in [5, 5.41) is 1.30. The lowest BCUT2D eigenvalue weighted by Crippen LogP contribution is -2.29. The molecule has 2 atom stereocenters. The summed E-state index contributed by atoms with van der Waals surface area (Å²) >= 11 is 7.72. The Kier molecular flexibility index (Phi) is 5.51. The van der Waals surface area contributed by atoms with E-state index >= 15 is 0 Å². The summed E-state index contributed by atoms with van der Waals surface area (Å²) in [6, 6.07) is 8.30. The Labute approximate surface area is 101 Å². The molecule has 0 aliphatic carbocycles. The topological polar surface area (TPSA) is 26.0 Å². The maximum Gasteiger partial charge on any atom is 0.0406 e. The smallest absolute Gasteiger partial charge is 0.0406 e. The Bertz CT molecular complexity index is 286. The fourth-order valence-corrected chi connectivity index (χ4v) is 2.48. The molecular formula is C12H18ClNS. The number of nitrogens with two attached hydrogens (primary N) is 1. The van der Waals surface area contributed by atoms with Crippen LogP contribution < -0.4 is 5.73 Å². The van der Waals surface area contributed by atoms with Gasteiger partial charge in [0, 0.05) is 22.1 Å². The third-order valence-corrected chi connectivity index (χ3v) is 4.13. The van der Waals surface area contributed by atoms with E-state index in [0.29, 0.717) is 11.3 Å². The molecule has 0 spiro atoms. The second-order valence-electron chi connectivity index (χ2n) is 3.71. The highest BCUT2D eigenvalue weighted by Crippen LogP contribution is 2.21. The summed E-state index contributed by atoms with van der Waals surface area (Å²) in [5.74, 6) is 1.01. The quantitative estimate of drug-likeness (QED) is 0.854. The van der Waals surface area contributed by atoms with E-state index in [2.05, 4.69) is 26.0 Å². The van der Waals surface area contributed by atoms with Crippen molar-refractivity contribution in [3.05, 3.63) is 34.9 Å². The minimum Gasteiger partial charge on any atom is -0.327 e. The van der Waals surface area contributed by atoms with Crippen molar-refractivity contribution in [3.63, 3.8) is 0 Å². The van der Waals surface area contributed by atoms with E-state index in [4.69, 9.17) is 17.3 Å². The Balaban J connectivity index is 2.40. The van der Waals surface area contributed by atoms with Crippen LogP contribution in [0.5, 0.6) is 0 Å². The van der Waals surface area contributed by atoms with Crippen LogP contribution in [0.25, 0.3) is 0 Å². The number of hydrogen-bond donors (Lipinski definition) is 1. The molecule has 0 amide bonds. The van der Waals surface area contributed by atoms with Gasteiger partial charge in [0.25, 0.3) is 0 Å². The van der Waals surface area contributed by atoms with Crippen LogP contribution in [-0.2, 0) is 5.75 Å². The van der Waals surface area contributed by atoms with Gasteiger partial charge < -0.3 is 5.73 Å². The first-order valence-corrected chi connectivity index (χ1v) is 6.67. The third kappa shape index (κ3) is 4.45. The summed E-state index contributed by atoms with van der Waals surface area (Å²) in [4.78, 5) is 0. The van der Waals surface area contributed by atoms with Gasteiger partial charge in [-0.15, -0.1) is 0 Å². The van der Waals surface area contributed by atoms with E-state index in [0.717, 1.165) is 17.2 Å². The summed E-state index contributed by atoms with van der Waals surface area (Å²) in [5.41, 5.74) is 7.27. The first kappa shape index (κ1) is 12.9. The SMILES string of the molecule is CCC(N)C(C)SCc1ccc(Cl)cc1. The standard InChI is InChI=1S/C12H18ClNS/c1-3-12(14)9(2)15-8-10-4-6-11(13)7-5-10/h4-7,9,12H,3,8,14H2,1-2H3. The van der Waals surface area contributed by atoms with Crippen molar-refractivity contribution in [1.82, 2.24) is 0 Å². The monoisotopic (exact) mass is 243 g/mol. The van der Waals surface area contributed by atoms with E-state index < -0.39 is 0 Å². The number of hydrogen-bond acceptors (Lipinski definition) is 2. The van der Waals surface area contributed by atoms with E-state index in [1.807, 2.05) is 23.9 Å². The highest BCUT2D eigenvalue weighted by Gasteiger charge is 2.10. The Morgan fingerprint density at radius 3 is 2.47 bits per heavy atom. The molecule has 0 aliphatic heterocycles. The number of benzene rings is 1. The molecule has 3 heteroatoms. The molecule has 0 bridgehead atoms. The number of halogens is 1. The van der Waals surface area contributed by atoms with Crippen molar-refractivity contribution in [3.8, 4) is 0 Å². The average Bonchev–Trinajstić information content (AvgIpc) is 2.26. The number of thioether (sulfide) groups is 1. The largest absolute Gasteiger partial charge is 0.327 e. The van der Waals surface area contributed by atoms with Gasteiger partial charge >= 0.3 is 0 Å². The molecular weight excluding hydrogens is 226 g/mol. The van der Waals surface area contributed by atoms with Crippen LogP contribution >= 0.6 is 23.4 Å². The Morgan fingerprint density at radius 1 is 1.33 bits per heavy atom. The first-order valence-electron chi connectivity index (χ1n) is 5.25. The summed E-state index contributed by atoms with van der Waals surface area (Å²) < 4.78 is 0. The minimum absolute atomic E-state index is 0.294. The molecule has 1 rings (SSSR count). The zero-order valence-electron chi connectivity index (χ0n) is 9.24. The van der Waals surface area contributed by atoms with Crippen LogP contribution in [0.4, 0.5) is 0 Å². The lowest BCUT2D eigenvalue weighted by Gasteiger charge is -2.17. The van der Waals surface area contributed by atoms with Crippen LogP contribution in [0.2, 0.25) is 5.02 Å². The van der Waals surface area contributed by atoms with Gasteiger partial charge in [0.15, 0.2) is 0 Å². The summed E-state index contributed by atoms with van der Waals surface area (Å²) in [7, 11) is 0. The fraction of sp³-hybridized carbons (Fsp3) is 0.500. The van der Waals surface area contributed by atoms with Crippen LogP contribution in [0, 0.1) is 0 Å². The van der Waals surface area contributed by atoms with Gasteiger partial charge in [0.1, 0.15) is 0 Å². The fourth-order valence-electron chi connectivity index (χ4n) is 1.26. The van der Waals surface area contributed by atoms with Gasteiger partial charge in [-0.1, -0.05) is 37.6 Å². The summed E-state index contributed by atoms with van der Waals surface area (Å²) in [6.07, 6.45) is 1.04. The van der Waals surface area contributed by atoms with Crippen LogP contribution in [-0.4, -0.2) is 11.3 Å². The second-order valence-corrected chi connectivity index (χ2v) is 5.52. The van der Waals surface area contributed by atoms with Crippen LogP contribution in [0.3, 0.4) is 0 Å². The van der Waals surface area contributed by atoms with Gasteiger partial charge in [-0.2, -0.15) is 11.8 Å². The van der Waals surface area contributed by atoms with Crippen molar-refractivity contribution in [2.24, 2.45) is 5.73 Å². The lowest BCUT2D eigenvalue weighted by molar-refractivity contribution is 0.642. The van der Waals surface area contributed by atoms with Crippen LogP contribution in [0.1, 0.15) is 25.8 Å². The highest BCUT2D eigenvalue weighted by atomic mass is 35.5. The summed E-state index contributed by atoms with van der Waals surface area (Å²) in [6.45, 7) is 4.32. The predicted octanol–water partition coefficient (Wildman–Crippen LogP) is 3.70. The molecule has 0 radical (unpaired) electrons. The van der Waals surface area contributed by atoms with Gasteiger partial charge in [-0.25, -0.2) is 0 Å². The maximum atomic E-state index is 5.96. The molecule has 1 nitrogen and oxygen atoms in total. The normalized spacial score (nSPS) is 14.9. The molecule has 1 aromatic rings. The molecule has 2 unspecified atom stereocenters. The van der Waals surface area contributed by atoms with Crippen LogP contribution in [0.15, 0.2) is 24.3 Å². The first-order chi connectivity index (χ1) is 7.13. The van der Waals surface area contributed by atoms with Gasteiger partial charge in [-0.3, -0.25) is 0 Å². The average molecular weight is 244 g/mol. The molecule has 15 heavy (non-hydrogen) atoms. The molecule has 0 saturated heterocycles. The van der Waals surface area contributed by atoms with Crippen molar-refractivity contribution in [2.75, 3.05) is 0 Å². The molecule has 0 heterocycles. The van der Waals surface area contributed by atoms with Gasteiger partial charge in [0.05, 0.1) is 0 Å². The van der Waals surface area contributed by atoms with Gasteiger partial charge in [-0.05, 0) is 24.1 Å².